The molecule has 0 radical (unpaired) electrons. The van der Waals surface area contributed by atoms with Gasteiger partial charge < -0.3 is 9.84 Å². The summed E-state index contributed by atoms with van der Waals surface area (Å²) in [6.07, 6.45) is 1.87. The molecule has 62 valence electrons. The van der Waals surface area contributed by atoms with Crippen molar-refractivity contribution in [3.05, 3.63) is 0 Å². The van der Waals surface area contributed by atoms with Crippen LogP contribution in [0, 0.1) is 11.3 Å². The summed E-state index contributed by atoms with van der Waals surface area (Å²) in [5.41, 5.74) is -0.497. The molecule has 0 aromatic carbocycles. The SMILES string of the molecule is CC1(C(=O)O)CC2CC1CO2. The highest BCUT2D eigenvalue weighted by molar-refractivity contribution is 5.75. The van der Waals surface area contributed by atoms with Crippen molar-refractivity contribution in [2.45, 2.75) is 25.9 Å². The monoisotopic (exact) mass is 156 g/mol. The van der Waals surface area contributed by atoms with Crippen molar-refractivity contribution in [2.75, 3.05) is 6.61 Å². The van der Waals surface area contributed by atoms with Crippen LogP contribution in [-0.2, 0) is 9.53 Å². The van der Waals surface area contributed by atoms with Gasteiger partial charge in [0.2, 0.25) is 0 Å². The van der Waals surface area contributed by atoms with Crippen LogP contribution in [-0.4, -0.2) is 23.8 Å². The largest absolute Gasteiger partial charge is 0.481 e. The number of rotatable bonds is 1. The van der Waals surface area contributed by atoms with Crippen molar-refractivity contribution in [3.8, 4) is 0 Å². The van der Waals surface area contributed by atoms with Gasteiger partial charge in [-0.1, -0.05) is 0 Å². The predicted octanol–water partition coefficient (Wildman–Crippen LogP) is 0.886. The molecule has 3 atom stereocenters. The van der Waals surface area contributed by atoms with Crippen LogP contribution in [0.1, 0.15) is 19.8 Å². The Bertz CT molecular complexity index is 202. The molecule has 0 aromatic rings. The topological polar surface area (TPSA) is 46.5 Å². The fraction of sp³-hybridized carbons (Fsp3) is 0.875. The lowest BCUT2D eigenvalue weighted by molar-refractivity contribution is -0.154. The van der Waals surface area contributed by atoms with Gasteiger partial charge >= 0.3 is 5.97 Å². The van der Waals surface area contributed by atoms with Gasteiger partial charge in [-0.05, 0) is 19.8 Å². The van der Waals surface area contributed by atoms with Gasteiger partial charge in [0.1, 0.15) is 0 Å². The summed E-state index contributed by atoms with van der Waals surface area (Å²) in [7, 11) is 0. The molecule has 3 unspecified atom stereocenters. The minimum atomic E-state index is -0.659. The van der Waals surface area contributed by atoms with Gasteiger partial charge in [-0.3, -0.25) is 4.79 Å². The van der Waals surface area contributed by atoms with E-state index in [1.165, 1.54) is 0 Å². The second-order valence-electron chi connectivity index (χ2n) is 3.81. The van der Waals surface area contributed by atoms with Crippen LogP contribution in [0.15, 0.2) is 0 Å². The van der Waals surface area contributed by atoms with Crippen LogP contribution >= 0.6 is 0 Å². The maximum absolute atomic E-state index is 10.9. The molecule has 1 saturated heterocycles. The van der Waals surface area contributed by atoms with Crippen molar-refractivity contribution in [1.82, 2.24) is 0 Å². The molecule has 0 aromatic heterocycles. The highest BCUT2D eigenvalue weighted by Crippen LogP contribution is 2.49. The standard InChI is InChI=1S/C8H12O3/c1-8(7(9)10)3-6-2-5(8)4-11-6/h5-6H,2-4H2,1H3,(H,9,10). The minimum absolute atomic E-state index is 0.223. The lowest BCUT2D eigenvalue weighted by Crippen LogP contribution is -2.36. The highest BCUT2D eigenvalue weighted by Gasteiger charge is 2.53. The Morgan fingerprint density at radius 3 is 2.73 bits per heavy atom. The number of hydrogen-bond donors (Lipinski definition) is 1. The van der Waals surface area contributed by atoms with Crippen LogP contribution in [0.4, 0.5) is 0 Å². The zero-order chi connectivity index (χ0) is 8.06. The molecule has 3 nitrogen and oxygen atoms in total. The number of aliphatic carboxylic acids is 1. The summed E-state index contributed by atoms with van der Waals surface area (Å²) in [5.74, 6) is -0.404. The van der Waals surface area contributed by atoms with E-state index < -0.39 is 11.4 Å². The minimum Gasteiger partial charge on any atom is -0.481 e. The van der Waals surface area contributed by atoms with E-state index in [1.54, 1.807) is 0 Å². The van der Waals surface area contributed by atoms with Gasteiger partial charge in [0.25, 0.3) is 0 Å². The molecule has 2 fully saturated rings. The van der Waals surface area contributed by atoms with E-state index in [-0.39, 0.29) is 12.0 Å². The van der Waals surface area contributed by atoms with E-state index in [1.807, 2.05) is 6.92 Å². The first-order valence-corrected chi connectivity index (χ1v) is 3.98. The van der Waals surface area contributed by atoms with Crippen molar-refractivity contribution in [3.63, 3.8) is 0 Å². The van der Waals surface area contributed by atoms with E-state index in [9.17, 15) is 4.79 Å². The molecule has 0 amide bonds. The van der Waals surface area contributed by atoms with Crippen molar-refractivity contribution >= 4 is 5.97 Å². The van der Waals surface area contributed by atoms with Gasteiger partial charge in [0, 0.05) is 5.92 Å². The Morgan fingerprint density at radius 2 is 2.45 bits per heavy atom. The second-order valence-corrected chi connectivity index (χ2v) is 3.81. The maximum atomic E-state index is 10.9. The molecule has 2 rings (SSSR count). The quantitative estimate of drug-likeness (QED) is 0.613. The number of carboxylic acids is 1. The molecule has 11 heavy (non-hydrogen) atoms. The molecule has 1 aliphatic heterocycles. The third-order valence-corrected chi connectivity index (χ3v) is 3.12. The number of carbonyl (C=O) groups is 1. The zero-order valence-electron chi connectivity index (χ0n) is 6.54. The number of carboxylic acid groups (broad SMARTS) is 1. The average Bonchev–Trinajstić information content (AvgIpc) is 2.45. The van der Waals surface area contributed by atoms with Gasteiger partial charge in [0.05, 0.1) is 18.1 Å². The van der Waals surface area contributed by atoms with E-state index in [0.717, 1.165) is 6.42 Å². The normalized spacial score (nSPS) is 48.1. The van der Waals surface area contributed by atoms with E-state index >= 15 is 0 Å². The van der Waals surface area contributed by atoms with Crippen LogP contribution < -0.4 is 0 Å². The Morgan fingerprint density at radius 1 is 1.73 bits per heavy atom. The fourth-order valence-corrected chi connectivity index (χ4v) is 2.19. The highest BCUT2D eigenvalue weighted by atomic mass is 16.5. The van der Waals surface area contributed by atoms with Gasteiger partial charge in [-0.25, -0.2) is 0 Å². The summed E-state index contributed by atoms with van der Waals surface area (Å²) in [4.78, 5) is 10.9. The third kappa shape index (κ3) is 0.805. The van der Waals surface area contributed by atoms with E-state index in [4.69, 9.17) is 9.84 Å². The zero-order valence-corrected chi connectivity index (χ0v) is 6.54. The third-order valence-electron chi connectivity index (χ3n) is 3.12. The van der Waals surface area contributed by atoms with Crippen molar-refractivity contribution in [2.24, 2.45) is 11.3 Å². The lowest BCUT2D eigenvalue weighted by Gasteiger charge is -2.28. The molecule has 3 heteroatoms. The molecule has 1 aliphatic carbocycles. The Balaban J connectivity index is 2.23. The molecule has 1 saturated carbocycles. The summed E-state index contributed by atoms with van der Waals surface area (Å²) in [6, 6.07) is 0. The van der Waals surface area contributed by atoms with Gasteiger partial charge in [-0.2, -0.15) is 0 Å². The first-order valence-electron chi connectivity index (χ1n) is 3.98. The van der Waals surface area contributed by atoms with Crippen LogP contribution in [0.5, 0.6) is 0 Å². The van der Waals surface area contributed by atoms with E-state index in [0.29, 0.717) is 13.0 Å². The molecule has 1 N–H and O–H groups in total. The molecular weight excluding hydrogens is 144 g/mol. The van der Waals surface area contributed by atoms with Crippen LogP contribution in [0.3, 0.4) is 0 Å². The lowest BCUT2D eigenvalue weighted by atomic mass is 9.80. The predicted molar refractivity (Wildman–Crippen MR) is 38.2 cm³/mol. The Labute approximate surface area is 65.4 Å². The van der Waals surface area contributed by atoms with Crippen LogP contribution in [0.2, 0.25) is 0 Å². The summed E-state index contributed by atoms with van der Waals surface area (Å²) in [6.45, 7) is 2.48. The van der Waals surface area contributed by atoms with Crippen molar-refractivity contribution < 1.29 is 14.6 Å². The maximum Gasteiger partial charge on any atom is 0.309 e. The fourth-order valence-electron chi connectivity index (χ4n) is 2.19. The Kier molecular flexibility index (Phi) is 1.27. The van der Waals surface area contributed by atoms with E-state index in [2.05, 4.69) is 0 Å². The number of hydrogen-bond acceptors (Lipinski definition) is 2. The molecule has 2 bridgehead atoms. The van der Waals surface area contributed by atoms with Crippen molar-refractivity contribution in [1.29, 1.82) is 0 Å². The second kappa shape index (κ2) is 1.97. The summed E-state index contributed by atoms with van der Waals surface area (Å²) in [5, 5.41) is 8.94. The number of ether oxygens (including phenoxy) is 1. The van der Waals surface area contributed by atoms with Gasteiger partial charge in [-0.15, -0.1) is 0 Å². The van der Waals surface area contributed by atoms with Gasteiger partial charge in [0.15, 0.2) is 0 Å². The molecular formula is C8H12O3. The summed E-state index contributed by atoms with van der Waals surface area (Å²) < 4.78 is 5.33. The first-order chi connectivity index (χ1) is 5.13. The average molecular weight is 156 g/mol. The van der Waals surface area contributed by atoms with Crippen LogP contribution in [0.25, 0.3) is 0 Å². The first kappa shape index (κ1) is 7.10. The number of fused-ring (bicyclic) bond motifs is 2. The summed E-state index contributed by atoms with van der Waals surface area (Å²) >= 11 is 0. The molecule has 0 spiro atoms. The smallest absolute Gasteiger partial charge is 0.309 e. The molecule has 1 heterocycles. The molecule has 2 aliphatic rings. The Hall–Kier alpha value is -0.570.